The van der Waals surface area contributed by atoms with Crippen LogP contribution in [0.1, 0.15) is 52.1 Å². The number of ketones is 1. The normalized spacial score (nSPS) is 15.9. The van der Waals surface area contributed by atoms with Gasteiger partial charge in [0.2, 0.25) is 0 Å². The third kappa shape index (κ3) is 7.10. The van der Waals surface area contributed by atoms with Crippen molar-refractivity contribution in [2.24, 2.45) is 16.1 Å². The Balaban J connectivity index is 1.64. The third-order valence-corrected chi connectivity index (χ3v) is 7.47. The molecule has 1 amide bonds. The second-order valence-electron chi connectivity index (χ2n) is 9.71. The van der Waals surface area contributed by atoms with Gasteiger partial charge in [0.15, 0.2) is 34.2 Å². The molecule has 0 saturated carbocycles. The number of halogens is 1. The maximum Gasteiger partial charge on any atom is 0.280 e. The maximum absolute atomic E-state index is 13.4. The molecule has 4 rings (SSSR count). The van der Waals surface area contributed by atoms with E-state index < -0.39 is 11.9 Å². The van der Waals surface area contributed by atoms with E-state index in [1.165, 1.54) is 5.56 Å². The summed E-state index contributed by atoms with van der Waals surface area (Å²) in [6, 6.07) is 18.9. The first-order valence-corrected chi connectivity index (χ1v) is 13.2. The van der Waals surface area contributed by atoms with E-state index in [-0.39, 0.29) is 46.1 Å². The maximum atomic E-state index is 13.4. The number of Topliss-reactive ketones (excluding diaryl/α,β-unsaturated/α-hetero) is 1. The summed E-state index contributed by atoms with van der Waals surface area (Å²) >= 11 is 5.93. The molecular formula is C28H33ClN8O2. The molecule has 8 N–H and O–H groups in total. The number of nitrogens with one attached hydrogen (secondary N) is 2. The van der Waals surface area contributed by atoms with Crippen LogP contribution >= 0.6 is 11.6 Å². The molecular weight excluding hydrogens is 516 g/mol. The van der Waals surface area contributed by atoms with Crippen LogP contribution in [0.2, 0.25) is 5.15 Å². The molecule has 0 spiro atoms. The number of nitrogens with two attached hydrogens (primary N) is 3. The van der Waals surface area contributed by atoms with E-state index >= 15 is 0 Å². The van der Waals surface area contributed by atoms with Gasteiger partial charge >= 0.3 is 0 Å². The highest BCUT2D eigenvalue weighted by Gasteiger charge is 2.41. The standard InChI is InChI=1S/C28H33ClN8O2/c29-23-25(31)36-24(30)22(35-23)26(39)37-27(32)34-21(17-20(38)19-9-5-2-6-10-19)28(13-15-33-16-14-28)12-11-18-7-3-1-4-8-18/h1-10,21,33H,11-17H2,(H4,30,31,36)(H3,32,34,37,39). The fourth-order valence-electron chi connectivity index (χ4n) is 5.01. The summed E-state index contributed by atoms with van der Waals surface area (Å²) in [5, 5.41) is 5.80. The fourth-order valence-corrected chi connectivity index (χ4v) is 5.14. The van der Waals surface area contributed by atoms with Crippen LogP contribution in [0, 0.1) is 5.41 Å². The van der Waals surface area contributed by atoms with Gasteiger partial charge in [-0.3, -0.25) is 14.9 Å². The molecule has 1 saturated heterocycles. The SMILES string of the molecule is NC(=NC(CC(=O)c1ccccc1)C1(CCc2ccccc2)CCNCC1)NC(=O)c1nc(Cl)c(N)nc1N. The minimum Gasteiger partial charge on any atom is -0.382 e. The monoisotopic (exact) mass is 548 g/mol. The number of aryl methyl sites for hydroxylation is 1. The van der Waals surface area contributed by atoms with Crippen molar-refractivity contribution < 1.29 is 9.59 Å². The largest absolute Gasteiger partial charge is 0.382 e. The molecule has 1 aliphatic heterocycles. The molecule has 1 unspecified atom stereocenters. The van der Waals surface area contributed by atoms with Gasteiger partial charge in [0.1, 0.15) is 0 Å². The van der Waals surface area contributed by atoms with Crippen molar-refractivity contribution in [1.82, 2.24) is 20.6 Å². The summed E-state index contributed by atoms with van der Waals surface area (Å²) < 4.78 is 0. The summed E-state index contributed by atoms with van der Waals surface area (Å²) in [7, 11) is 0. The number of benzene rings is 2. The van der Waals surface area contributed by atoms with E-state index in [1.54, 1.807) is 12.1 Å². The number of hydrogen-bond donors (Lipinski definition) is 5. The summed E-state index contributed by atoms with van der Waals surface area (Å²) in [6.45, 7) is 1.59. The summed E-state index contributed by atoms with van der Waals surface area (Å²) in [4.78, 5) is 38.8. The Morgan fingerprint density at radius 2 is 1.64 bits per heavy atom. The van der Waals surface area contributed by atoms with Crippen molar-refractivity contribution in [3.8, 4) is 0 Å². The Hall–Kier alpha value is -4.02. The molecule has 204 valence electrons. The zero-order valence-corrected chi connectivity index (χ0v) is 22.3. The molecule has 3 aromatic rings. The van der Waals surface area contributed by atoms with Gasteiger partial charge in [-0.2, -0.15) is 0 Å². The number of amides is 1. The number of guanidine groups is 1. The first-order chi connectivity index (χ1) is 18.8. The van der Waals surface area contributed by atoms with Gasteiger partial charge < -0.3 is 22.5 Å². The Morgan fingerprint density at radius 3 is 2.31 bits per heavy atom. The fraction of sp³-hybridized carbons (Fsp3) is 0.321. The van der Waals surface area contributed by atoms with E-state index in [0.717, 1.165) is 38.8 Å². The van der Waals surface area contributed by atoms with Crippen molar-refractivity contribution in [2.75, 3.05) is 24.6 Å². The number of anilines is 2. The van der Waals surface area contributed by atoms with Crippen LogP contribution in [0.4, 0.5) is 11.6 Å². The first kappa shape index (κ1) is 28.0. The second-order valence-corrected chi connectivity index (χ2v) is 10.1. The van der Waals surface area contributed by atoms with Crippen LogP contribution in [0.3, 0.4) is 0 Å². The molecule has 2 heterocycles. The van der Waals surface area contributed by atoms with Crippen LogP contribution in [-0.4, -0.2) is 46.7 Å². The smallest absolute Gasteiger partial charge is 0.280 e. The average Bonchev–Trinajstić information content (AvgIpc) is 2.95. The van der Waals surface area contributed by atoms with Gasteiger partial charge in [-0.1, -0.05) is 72.3 Å². The zero-order valence-electron chi connectivity index (χ0n) is 21.6. The predicted octanol–water partition coefficient (Wildman–Crippen LogP) is 2.98. The number of rotatable bonds is 9. The zero-order chi connectivity index (χ0) is 27.8. The Bertz CT molecular complexity index is 1330. The lowest BCUT2D eigenvalue weighted by Gasteiger charge is -2.42. The number of hydrogen-bond acceptors (Lipinski definition) is 8. The van der Waals surface area contributed by atoms with Crippen LogP contribution in [0.15, 0.2) is 65.7 Å². The van der Waals surface area contributed by atoms with Gasteiger partial charge in [0.25, 0.3) is 5.91 Å². The molecule has 1 aliphatic rings. The Morgan fingerprint density at radius 1 is 1.00 bits per heavy atom. The lowest BCUT2D eigenvalue weighted by molar-refractivity contribution is 0.0886. The lowest BCUT2D eigenvalue weighted by atomic mass is 9.68. The molecule has 1 fully saturated rings. The van der Waals surface area contributed by atoms with Crippen LogP contribution in [-0.2, 0) is 6.42 Å². The van der Waals surface area contributed by atoms with Gasteiger partial charge in [-0.25, -0.2) is 15.0 Å². The summed E-state index contributed by atoms with van der Waals surface area (Å²) in [5.41, 5.74) is 19.0. The predicted molar refractivity (Wildman–Crippen MR) is 153 cm³/mol. The number of carbonyl (C=O) groups excluding carboxylic acids is 2. The topological polar surface area (TPSA) is 174 Å². The van der Waals surface area contributed by atoms with E-state index in [2.05, 4.69) is 32.7 Å². The Kier molecular flexibility index (Phi) is 9.11. The molecule has 0 radical (unpaired) electrons. The van der Waals surface area contributed by atoms with E-state index in [9.17, 15) is 9.59 Å². The molecule has 1 aromatic heterocycles. The minimum atomic E-state index is -0.722. The number of carbonyl (C=O) groups is 2. The van der Waals surface area contributed by atoms with Gasteiger partial charge in [0, 0.05) is 12.0 Å². The van der Waals surface area contributed by atoms with Crippen LogP contribution < -0.4 is 27.8 Å². The first-order valence-electron chi connectivity index (χ1n) is 12.8. The molecule has 0 aliphatic carbocycles. The molecule has 39 heavy (non-hydrogen) atoms. The van der Waals surface area contributed by atoms with Gasteiger partial charge in [-0.05, 0) is 49.8 Å². The Labute approximate surface area is 232 Å². The van der Waals surface area contributed by atoms with Crippen LogP contribution in [0.5, 0.6) is 0 Å². The van der Waals surface area contributed by atoms with Crippen molar-refractivity contribution >= 4 is 40.9 Å². The molecule has 1 atom stereocenters. The minimum absolute atomic E-state index is 0.0403. The van der Waals surface area contributed by atoms with Crippen molar-refractivity contribution in [3.05, 3.63) is 82.6 Å². The summed E-state index contributed by atoms with van der Waals surface area (Å²) in [6.07, 6.45) is 3.40. The van der Waals surface area contributed by atoms with E-state index in [0.29, 0.717) is 5.56 Å². The lowest BCUT2D eigenvalue weighted by Crippen LogP contribution is -2.47. The third-order valence-electron chi connectivity index (χ3n) is 7.19. The number of aliphatic imine (C=N–C) groups is 1. The van der Waals surface area contributed by atoms with Crippen molar-refractivity contribution in [1.29, 1.82) is 0 Å². The van der Waals surface area contributed by atoms with Gasteiger partial charge in [-0.15, -0.1) is 0 Å². The summed E-state index contributed by atoms with van der Waals surface area (Å²) in [5.74, 6) is -1.17. The number of aromatic nitrogens is 2. The highest BCUT2D eigenvalue weighted by Crippen LogP contribution is 2.41. The van der Waals surface area contributed by atoms with Crippen molar-refractivity contribution in [3.63, 3.8) is 0 Å². The molecule has 2 aromatic carbocycles. The quantitative estimate of drug-likeness (QED) is 0.154. The second kappa shape index (κ2) is 12.7. The average molecular weight is 549 g/mol. The molecule has 11 heteroatoms. The molecule has 0 bridgehead atoms. The highest BCUT2D eigenvalue weighted by atomic mass is 35.5. The van der Waals surface area contributed by atoms with Crippen LogP contribution in [0.25, 0.3) is 0 Å². The van der Waals surface area contributed by atoms with E-state index in [4.69, 9.17) is 33.8 Å². The number of nitrogens with zero attached hydrogens (tertiary/aromatic N) is 3. The number of piperidine rings is 1. The number of nitrogen functional groups attached to an aromatic ring is 2. The van der Waals surface area contributed by atoms with Crippen molar-refractivity contribution in [2.45, 2.75) is 38.1 Å². The van der Waals surface area contributed by atoms with Gasteiger partial charge in [0.05, 0.1) is 6.04 Å². The highest BCUT2D eigenvalue weighted by molar-refractivity contribution is 6.31. The van der Waals surface area contributed by atoms with E-state index in [1.807, 2.05) is 36.4 Å². The molecule has 10 nitrogen and oxygen atoms in total.